The van der Waals surface area contributed by atoms with Crippen LogP contribution in [0.4, 0.5) is 5.82 Å². The van der Waals surface area contributed by atoms with Gasteiger partial charge in [0.25, 0.3) is 0 Å². The number of hydrogen-bond acceptors (Lipinski definition) is 3. The highest BCUT2D eigenvalue weighted by Crippen LogP contribution is 2.36. The second-order valence-corrected chi connectivity index (χ2v) is 7.04. The van der Waals surface area contributed by atoms with Gasteiger partial charge in [-0.2, -0.15) is 5.10 Å². The van der Waals surface area contributed by atoms with Gasteiger partial charge in [-0.05, 0) is 49.6 Å². The predicted octanol–water partition coefficient (Wildman–Crippen LogP) is 5.69. The van der Waals surface area contributed by atoms with Gasteiger partial charge < -0.3 is 9.73 Å². The minimum atomic E-state index is 0.700. The van der Waals surface area contributed by atoms with E-state index in [0.717, 1.165) is 59.7 Å². The van der Waals surface area contributed by atoms with Crippen molar-refractivity contribution in [1.82, 2.24) is 9.78 Å². The van der Waals surface area contributed by atoms with E-state index in [1.165, 1.54) is 5.56 Å². The fourth-order valence-electron chi connectivity index (χ4n) is 3.59. The van der Waals surface area contributed by atoms with Crippen LogP contribution in [0.2, 0.25) is 5.02 Å². The fourth-order valence-corrected chi connectivity index (χ4v) is 3.78. The lowest BCUT2D eigenvalue weighted by atomic mass is 10.1. The van der Waals surface area contributed by atoms with Gasteiger partial charge in [0.05, 0.1) is 5.69 Å². The predicted molar refractivity (Wildman–Crippen MR) is 105 cm³/mol. The number of anilines is 1. The van der Waals surface area contributed by atoms with E-state index >= 15 is 0 Å². The first-order valence-electron chi connectivity index (χ1n) is 8.90. The second kappa shape index (κ2) is 6.22. The zero-order chi connectivity index (χ0) is 17.5. The molecule has 0 spiro atoms. The molecule has 4 nitrogen and oxygen atoms in total. The molecule has 2 aromatic heterocycles. The van der Waals surface area contributed by atoms with Crippen molar-refractivity contribution in [2.75, 3.05) is 11.9 Å². The molecule has 1 aliphatic rings. The molecule has 0 saturated carbocycles. The maximum absolute atomic E-state index is 6.21. The van der Waals surface area contributed by atoms with E-state index in [1.807, 2.05) is 47.1 Å². The summed E-state index contributed by atoms with van der Waals surface area (Å²) in [5.74, 6) is 1.85. The Morgan fingerprint density at radius 3 is 2.85 bits per heavy atom. The van der Waals surface area contributed by atoms with Gasteiger partial charge in [0.15, 0.2) is 5.76 Å². The van der Waals surface area contributed by atoms with E-state index in [4.69, 9.17) is 21.1 Å². The number of nitrogens with zero attached hydrogens (tertiary/aromatic N) is 2. The SMILES string of the molecule is Clc1cccc(-n2nc(-c3cc4ccccc4o3)c3c2NCCCC3)c1. The molecule has 4 aromatic rings. The summed E-state index contributed by atoms with van der Waals surface area (Å²) in [4.78, 5) is 0. The topological polar surface area (TPSA) is 43.0 Å². The highest BCUT2D eigenvalue weighted by molar-refractivity contribution is 6.30. The monoisotopic (exact) mass is 363 g/mol. The molecule has 3 heterocycles. The molecule has 130 valence electrons. The lowest BCUT2D eigenvalue weighted by Crippen LogP contribution is -2.07. The van der Waals surface area contributed by atoms with Gasteiger partial charge in [0, 0.05) is 22.5 Å². The Balaban J connectivity index is 1.72. The Bertz CT molecular complexity index is 1060. The first-order chi connectivity index (χ1) is 12.8. The van der Waals surface area contributed by atoms with Crippen molar-refractivity contribution in [1.29, 1.82) is 0 Å². The maximum atomic E-state index is 6.21. The summed E-state index contributed by atoms with van der Waals surface area (Å²) in [6, 6.07) is 17.9. The molecule has 0 aliphatic carbocycles. The van der Waals surface area contributed by atoms with Crippen molar-refractivity contribution in [3.63, 3.8) is 0 Å². The van der Waals surface area contributed by atoms with Crippen LogP contribution >= 0.6 is 11.6 Å². The van der Waals surface area contributed by atoms with Crippen molar-refractivity contribution in [2.45, 2.75) is 19.3 Å². The summed E-state index contributed by atoms with van der Waals surface area (Å²) in [5, 5.41) is 10.3. The first kappa shape index (κ1) is 15.5. The molecule has 0 amide bonds. The average Bonchev–Trinajstić information content (AvgIpc) is 3.15. The number of furan rings is 1. The van der Waals surface area contributed by atoms with Crippen molar-refractivity contribution in [3.05, 3.63) is 65.2 Å². The number of aromatic nitrogens is 2. The summed E-state index contributed by atoms with van der Waals surface area (Å²) < 4.78 is 8.06. The maximum Gasteiger partial charge on any atom is 0.156 e. The summed E-state index contributed by atoms with van der Waals surface area (Å²) in [5.41, 5.74) is 3.95. The van der Waals surface area contributed by atoms with E-state index in [0.29, 0.717) is 5.02 Å². The van der Waals surface area contributed by atoms with Gasteiger partial charge in [-0.1, -0.05) is 35.9 Å². The van der Waals surface area contributed by atoms with Gasteiger partial charge in [-0.3, -0.25) is 0 Å². The number of nitrogens with one attached hydrogen (secondary N) is 1. The van der Waals surface area contributed by atoms with Crippen LogP contribution in [0.25, 0.3) is 28.1 Å². The van der Waals surface area contributed by atoms with Crippen LogP contribution in [0.3, 0.4) is 0 Å². The molecule has 1 aliphatic heterocycles. The highest BCUT2D eigenvalue weighted by Gasteiger charge is 2.23. The first-order valence-corrected chi connectivity index (χ1v) is 9.28. The van der Waals surface area contributed by atoms with Gasteiger partial charge in [-0.15, -0.1) is 0 Å². The van der Waals surface area contributed by atoms with Crippen LogP contribution in [0.1, 0.15) is 18.4 Å². The van der Waals surface area contributed by atoms with E-state index in [-0.39, 0.29) is 0 Å². The molecule has 5 rings (SSSR count). The number of rotatable bonds is 2. The summed E-state index contributed by atoms with van der Waals surface area (Å²) in [6.45, 7) is 0.943. The van der Waals surface area contributed by atoms with E-state index in [2.05, 4.69) is 17.4 Å². The Morgan fingerprint density at radius 1 is 1.04 bits per heavy atom. The van der Waals surface area contributed by atoms with Crippen LogP contribution in [-0.4, -0.2) is 16.3 Å². The minimum Gasteiger partial charge on any atom is -0.454 e. The van der Waals surface area contributed by atoms with Crippen molar-refractivity contribution < 1.29 is 4.42 Å². The van der Waals surface area contributed by atoms with Crippen molar-refractivity contribution >= 4 is 28.4 Å². The minimum absolute atomic E-state index is 0.700. The van der Waals surface area contributed by atoms with Gasteiger partial charge >= 0.3 is 0 Å². The van der Waals surface area contributed by atoms with Crippen LogP contribution in [0, 0.1) is 0 Å². The molecule has 26 heavy (non-hydrogen) atoms. The van der Waals surface area contributed by atoms with Crippen LogP contribution in [-0.2, 0) is 6.42 Å². The lowest BCUT2D eigenvalue weighted by molar-refractivity contribution is 0.625. The third kappa shape index (κ3) is 2.58. The van der Waals surface area contributed by atoms with Crippen LogP contribution in [0.5, 0.6) is 0 Å². The van der Waals surface area contributed by atoms with Crippen molar-refractivity contribution in [3.8, 4) is 17.1 Å². The Labute approximate surface area is 156 Å². The Morgan fingerprint density at radius 2 is 1.96 bits per heavy atom. The summed E-state index contributed by atoms with van der Waals surface area (Å²) in [7, 11) is 0. The number of hydrogen-bond donors (Lipinski definition) is 1. The molecular formula is C21H18ClN3O. The van der Waals surface area contributed by atoms with Gasteiger partial charge in [0.2, 0.25) is 0 Å². The standard InChI is InChI=1S/C21H18ClN3O/c22-15-7-5-8-16(13-15)25-21-17(9-3-4-11-23-21)20(24-25)19-12-14-6-1-2-10-18(14)26-19/h1-2,5-8,10,12-13,23H,3-4,9,11H2. The number of para-hydroxylation sites is 1. The highest BCUT2D eigenvalue weighted by atomic mass is 35.5. The third-order valence-electron chi connectivity index (χ3n) is 4.84. The molecular weight excluding hydrogens is 346 g/mol. The van der Waals surface area contributed by atoms with E-state index in [1.54, 1.807) is 0 Å². The Kier molecular flexibility index (Phi) is 3.71. The number of benzene rings is 2. The summed E-state index contributed by atoms with van der Waals surface area (Å²) >= 11 is 6.21. The van der Waals surface area contributed by atoms with Crippen LogP contribution < -0.4 is 5.32 Å². The molecule has 2 aromatic carbocycles. The fraction of sp³-hybridized carbons (Fsp3) is 0.190. The molecule has 0 atom stereocenters. The third-order valence-corrected chi connectivity index (χ3v) is 5.08. The lowest BCUT2D eigenvalue weighted by Gasteiger charge is -2.09. The van der Waals surface area contributed by atoms with Gasteiger partial charge in [0.1, 0.15) is 17.1 Å². The molecule has 1 N–H and O–H groups in total. The molecule has 0 radical (unpaired) electrons. The van der Waals surface area contributed by atoms with E-state index in [9.17, 15) is 0 Å². The van der Waals surface area contributed by atoms with Crippen molar-refractivity contribution in [2.24, 2.45) is 0 Å². The van der Waals surface area contributed by atoms with E-state index < -0.39 is 0 Å². The largest absolute Gasteiger partial charge is 0.454 e. The normalized spacial score (nSPS) is 14.0. The smallest absolute Gasteiger partial charge is 0.156 e. The molecule has 0 unspecified atom stereocenters. The summed E-state index contributed by atoms with van der Waals surface area (Å²) in [6.07, 6.45) is 3.26. The molecule has 0 fully saturated rings. The van der Waals surface area contributed by atoms with Gasteiger partial charge in [-0.25, -0.2) is 4.68 Å². The zero-order valence-electron chi connectivity index (χ0n) is 14.2. The second-order valence-electron chi connectivity index (χ2n) is 6.60. The average molecular weight is 364 g/mol. The Hall–Kier alpha value is -2.72. The number of fused-ring (bicyclic) bond motifs is 2. The van der Waals surface area contributed by atoms with Crippen LogP contribution in [0.15, 0.2) is 59.0 Å². The quantitative estimate of drug-likeness (QED) is 0.497. The zero-order valence-corrected chi connectivity index (χ0v) is 15.0. The number of halogens is 1. The molecule has 0 saturated heterocycles. The molecule has 5 heteroatoms. The molecule has 0 bridgehead atoms.